The van der Waals surface area contributed by atoms with Gasteiger partial charge >= 0.3 is 0 Å². The number of hydrogen-bond donors (Lipinski definition) is 1. The molecule has 1 aliphatic heterocycles. The molecule has 0 aliphatic carbocycles. The Morgan fingerprint density at radius 3 is 1.70 bits per heavy atom. The molecule has 0 spiro atoms. The first-order valence-electron chi connectivity index (χ1n) is 14.1. The summed E-state index contributed by atoms with van der Waals surface area (Å²) < 4.78 is 31.9. The van der Waals surface area contributed by atoms with Gasteiger partial charge in [0, 0.05) is 13.5 Å². The molecule has 0 aromatic heterocycles. The monoisotopic (exact) mass is 546 g/mol. The van der Waals surface area contributed by atoms with E-state index in [0.717, 1.165) is 29.5 Å². The van der Waals surface area contributed by atoms with Crippen LogP contribution in [0.1, 0.15) is 42.4 Å². The van der Waals surface area contributed by atoms with Gasteiger partial charge in [-0.2, -0.15) is 0 Å². The van der Waals surface area contributed by atoms with Crippen LogP contribution >= 0.6 is 0 Å². The molecule has 4 rings (SSSR count). The van der Waals surface area contributed by atoms with Crippen molar-refractivity contribution in [3.8, 4) is 0 Å². The number of methoxy groups -OCH3 is 1. The van der Waals surface area contributed by atoms with Crippen molar-refractivity contribution in [2.24, 2.45) is 0 Å². The van der Waals surface area contributed by atoms with E-state index in [2.05, 4.69) is 6.58 Å². The summed E-state index contributed by atoms with van der Waals surface area (Å²) >= 11 is 0. The maximum absolute atomic E-state index is 10.9. The number of aliphatic hydroxyl groups excluding tert-OH is 1. The summed E-state index contributed by atoms with van der Waals surface area (Å²) in [6.07, 6.45) is 1.39. The fraction of sp³-hybridized carbons (Fsp3) is 0.412. The molecule has 0 saturated carbocycles. The minimum atomic E-state index is -0.688. The quantitative estimate of drug-likeness (QED) is 0.170. The second-order valence-corrected chi connectivity index (χ2v) is 10.2. The molecule has 0 bridgehead atoms. The van der Waals surface area contributed by atoms with Crippen molar-refractivity contribution in [3.63, 3.8) is 0 Å². The van der Waals surface area contributed by atoms with Gasteiger partial charge in [-0.1, -0.05) is 97.1 Å². The van der Waals surface area contributed by atoms with Crippen LogP contribution in [0.15, 0.2) is 104 Å². The molecule has 6 heteroatoms. The topological polar surface area (TPSA) is 66.4 Å². The fourth-order valence-electron chi connectivity index (χ4n) is 5.01. The third-order valence-corrected chi connectivity index (χ3v) is 7.13. The lowest BCUT2D eigenvalue weighted by Crippen LogP contribution is -2.61. The molecule has 0 radical (unpaired) electrons. The Hall–Kier alpha value is -2.84. The number of aliphatic hydroxyl groups is 1. The number of hydrogen-bond acceptors (Lipinski definition) is 6. The third kappa shape index (κ3) is 9.10. The van der Waals surface area contributed by atoms with Gasteiger partial charge in [-0.3, -0.25) is 0 Å². The van der Waals surface area contributed by atoms with Crippen LogP contribution in [-0.4, -0.2) is 49.0 Å². The van der Waals surface area contributed by atoms with Gasteiger partial charge in [0.1, 0.15) is 18.3 Å². The van der Waals surface area contributed by atoms with Crippen LogP contribution in [0.2, 0.25) is 0 Å². The van der Waals surface area contributed by atoms with E-state index in [1.807, 2.05) is 97.1 Å². The standard InChI is InChI=1S/C34H42O6/c1-3-4-8-21-29(35)22-30-31(37-23-26-15-9-5-10-16-26)32(38-24-27-17-11-6-12-18-27)33(34(36-2)40-30)39-25-28-19-13-7-14-20-28/h3,5-7,9-20,29-35H,1,4,8,21-25H2,2H3/t29-,30+,31+,32-,33+,34-/m0/s1. The van der Waals surface area contributed by atoms with Gasteiger partial charge in [0.25, 0.3) is 0 Å². The van der Waals surface area contributed by atoms with Crippen LogP contribution in [0, 0.1) is 0 Å². The number of rotatable bonds is 16. The Kier molecular flexibility index (Phi) is 12.4. The fourth-order valence-corrected chi connectivity index (χ4v) is 5.01. The molecule has 3 aromatic carbocycles. The molecule has 6 nitrogen and oxygen atoms in total. The smallest absolute Gasteiger partial charge is 0.186 e. The van der Waals surface area contributed by atoms with Gasteiger partial charge in [-0.15, -0.1) is 6.58 Å². The molecule has 3 aromatic rings. The lowest BCUT2D eigenvalue weighted by atomic mass is 9.92. The average molecular weight is 547 g/mol. The Morgan fingerprint density at radius 2 is 1.23 bits per heavy atom. The number of benzene rings is 3. The molecule has 1 fully saturated rings. The molecule has 40 heavy (non-hydrogen) atoms. The highest BCUT2D eigenvalue weighted by molar-refractivity contribution is 5.15. The van der Waals surface area contributed by atoms with Gasteiger partial charge in [0.15, 0.2) is 6.29 Å². The van der Waals surface area contributed by atoms with E-state index >= 15 is 0 Å². The van der Waals surface area contributed by atoms with E-state index in [9.17, 15) is 5.11 Å². The SMILES string of the molecule is C=CCCC[C@H](O)C[C@H]1O[C@H](OC)[C@H](OCc2ccccc2)[C@@H](OCc2ccccc2)[C@@H]1OCc1ccccc1. The second-order valence-electron chi connectivity index (χ2n) is 10.2. The van der Waals surface area contributed by atoms with Crippen LogP contribution < -0.4 is 0 Å². The zero-order valence-corrected chi connectivity index (χ0v) is 23.3. The molecule has 6 atom stereocenters. The highest BCUT2D eigenvalue weighted by Gasteiger charge is 2.49. The third-order valence-electron chi connectivity index (χ3n) is 7.13. The van der Waals surface area contributed by atoms with Gasteiger partial charge < -0.3 is 28.8 Å². The largest absolute Gasteiger partial charge is 0.393 e. The van der Waals surface area contributed by atoms with Crippen molar-refractivity contribution >= 4 is 0 Å². The molecular formula is C34H42O6. The van der Waals surface area contributed by atoms with Crippen molar-refractivity contribution in [1.82, 2.24) is 0 Å². The van der Waals surface area contributed by atoms with Crippen molar-refractivity contribution < 1.29 is 28.8 Å². The maximum Gasteiger partial charge on any atom is 0.186 e. The summed E-state index contributed by atoms with van der Waals surface area (Å²) in [6.45, 7) is 4.93. The number of unbranched alkanes of at least 4 members (excludes halogenated alkanes) is 1. The van der Waals surface area contributed by atoms with Crippen molar-refractivity contribution in [3.05, 3.63) is 120 Å². The summed E-state index contributed by atoms with van der Waals surface area (Å²) in [7, 11) is 1.61. The van der Waals surface area contributed by atoms with Crippen molar-refractivity contribution in [1.29, 1.82) is 0 Å². The summed E-state index contributed by atoms with van der Waals surface area (Å²) in [4.78, 5) is 0. The van der Waals surface area contributed by atoms with Crippen LogP contribution in [0.25, 0.3) is 0 Å². The Morgan fingerprint density at radius 1 is 0.750 bits per heavy atom. The van der Waals surface area contributed by atoms with Crippen LogP contribution in [0.4, 0.5) is 0 Å². The summed E-state index contributed by atoms with van der Waals surface area (Å²) in [5, 5.41) is 10.9. The minimum Gasteiger partial charge on any atom is -0.393 e. The normalized spacial score (nSPS) is 23.5. The Labute approximate surface area is 238 Å². The highest BCUT2D eigenvalue weighted by Crippen LogP contribution is 2.33. The van der Waals surface area contributed by atoms with Gasteiger partial charge in [-0.25, -0.2) is 0 Å². The second kappa shape index (κ2) is 16.4. The zero-order valence-electron chi connectivity index (χ0n) is 23.3. The average Bonchev–Trinajstić information content (AvgIpc) is 3.00. The first kappa shape index (κ1) is 30.1. The molecule has 1 heterocycles. The van der Waals surface area contributed by atoms with E-state index < -0.39 is 36.8 Å². The molecule has 0 unspecified atom stereocenters. The van der Waals surface area contributed by atoms with E-state index in [4.69, 9.17) is 23.7 Å². The first-order chi connectivity index (χ1) is 19.7. The predicted molar refractivity (Wildman–Crippen MR) is 155 cm³/mol. The molecule has 214 valence electrons. The maximum atomic E-state index is 10.9. The van der Waals surface area contributed by atoms with Gasteiger partial charge in [-0.05, 0) is 36.0 Å². The van der Waals surface area contributed by atoms with Crippen molar-refractivity contribution in [2.45, 2.75) is 82.3 Å². The lowest BCUT2D eigenvalue weighted by Gasteiger charge is -2.46. The first-order valence-corrected chi connectivity index (χ1v) is 14.1. The van der Waals surface area contributed by atoms with E-state index in [1.54, 1.807) is 7.11 Å². The minimum absolute atomic E-state index is 0.375. The van der Waals surface area contributed by atoms with Crippen LogP contribution in [0.3, 0.4) is 0 Å². The highest BCUT2D eigenvalue weighted by atomic mass is 16.7. The Bertz CT molecular complexity index is 1090. The zero-order chi connectivity index (χ0) is 28.0. The number of ether oxygens (including phenoxy) is 5. The molecule has 0 amide bonds. The van der Waals surface area contributed by atoms with Crippen LogP contribution in [-0.2, 0) is 43.5 Å². The predicted octanol–water partition coefficient (Wildman–Crippen LogP) is 6.22. The summed E-state index contributed by atoms with van der Waals surface area (Å²) in [5.74, 6) is 0. The van der Waals surface area contributed by atoms with E-state index in [1.165, 1.54) is 0 Å². The molecule has 1 N–H and O–H groups in total. The van der Waals surface area contributed by atoms with E-state index in [0.29, 0.717) is 32.7 Å². The summed E-state index contributed by atoms with van der Waals surface area (Å²) in [6, 6.07) is 30.1. The lowest BCUT2D eigenvalue weighted by molar-refractivity contribution is -0.320. The molecular weight excluding hydrogens is 504 g/mol. The molecule has 1 saturated heterocycles. The van der Waals surface area contributed by atoms with Crippen molar-refractivity contribution in [2.75, 3.05) is 7.11 Å². The molecule has 1 aliphatic rings. The number of allylic oxidation sites excluding steroid dienone is 1. The van der Waals surface area contributed by atoms with Crippen LogP contribution in [0.5, 0.6) is 0 Å². The van der Waals surface area contributed by atoms with E-state index in [-0.39, 0.29) is 0 Å². The summed E-state index contributed by atoms with van der Waals surface area (Å²) in [5.41, 5.74) is 3.14. The van der Waals surface area contributed by atoms with Gasteiger partial charge in [0.05, 0.1) is 32.0 Å². The Balaban J connectivity index is 1.59. The van der Waals surface area contributed by atoms with Gasteiger partial charge in [0.2, 0.25) is 0 Å².